The van der Waals surface area contributed by atoms with Gasteiger partial charge in [-0.1, -0.05) is 0 Å². The van der Waals surface area contributed by atoms with Gasteiger partial charge in [0, 0.05) is 15.8 Å². The second-order valence-electron chi connectivity index (χ2n) is 2.41. The topological polar surface area (TPSA) is 52.0 Å². The SMILES string of the molecule is N/C=C(/I)C(N)C1CC1. The summed E-state index contributed by atoms with van der Waals surface area (Å²) in [7, 11) is 0. The Labute approximate surface area is 68.8 Å². The van der Waals surface area contributed by atoms with Crippen molar-refractivity contribution in [2.75, 3.05) is 0 Å². The first-order valence-electron chi connectivity index (χ1n) is 3.08. The van der Waals surface area contributed by atoms with Crippen molar-refractivity contribution >= 4 is 22.6 Å². The maximum absolute atomic E-state index is 5.78. The normalized spacial score (nSPS) is 24.0. The van der Waals surface area contributed by atoms with Gasteiger partial charge in [0.2, 0.25) is 0 Å². The summed E-state index contributed by atoms with van der Waals surface area (Å²) in [6.45, 7) is 0. The quantitative estimate of drug-likeness (QED) is 0.704. The lowest BCUT2D eigenvalue weighted by atomic mass is 10.2. The van der Waals surface area contributed by atoms with Crippen LogP contribution in [-0.4, -0.2) is 6.04 Å². The molecule has 0 heterocycles. The van der Waals surface area contributed by atoms with Crippen molar-refractivity contribution in [3.63, 3.8) is 0 Å². The summed E-state index contributed by atoms with van der Waals surface area (Å²) in [6.07, 6.45) is 4.16. The third-order valence-electron chi connectivity index (χ3n) is 1.61. The molecular formula is C6H11IN2. The lowest BCUT2D eigenvalue weighted by Gasteiger charge is -2.06. The average Bonchev–Trinajstić information content (AvgIpc) is 2.66. The van der Waals surface area contributed by atoms with Gasteiger partial charge in [-0.25, -0.2) is 0 Å². The highest BCUT2D eigenvalue weighted by Gasteiger charge is 2.29. The van der Waals surface area contributed by atoms with E-state index in [1.165, 1.54) is 12.8 Å². The van der Waals surface area contributed by atoms with E-state index >= 15 is 0 Å². The monoisotopic (exact) mass is 238 g/mol. The fraction of sp³-hybridized carbons (Fsp3) is 0.667. The van der Waals surface area contributed by atoms with Crippen LogP contribution in [0.1, 0.15) is 12.8 Å². The Kier molecular flexibility index (Phi) is 2.35. The maximum Gasteiger partial charge on any atom is 0.0396 e. The van der Waals surface area contributed by atoms with Crippen LogP contribution in [-0.2, 0) is 0 Å². The molecule has 0 bridgehead atoms. The second-order valence-corrected chi connectivity index (χ2v) is 3.66. The van der Waals surface area contributed by atoms with Crippen LogP contribution in [0.15, 0.2) is 9.78 Å². The molecule has 4 N–H and O–H groups in total. The Bertz CT molecular complexity index is 129. The molecule has 0 aliphatic heterocycles. The van der Waals surface area contributed by atoms with Crippen molar-refractivity contribution in [1.29, 1.82) is 0 Å². The van der Waals surface area contributed by atoms with E-state index < -0.39 is 0 Å². The first-order valence-corrected chi connectivity index (χ1v) is 4.16. The van der Waals surface area contributed by atoms with E-state index in [0.29, 0.717) is 0 Å². The number of halogens is 1. The van der Waals surface area contributed by atoms with Crippen LogP contribution in [0.4, 0.5) is 0 Å². The minimum atomic E-state index is 0.218. The number of nitrogens with two attached hydrogens (primary N) is 2. The van der Waals surface area contributed by atoms with E-state index in [0.717, 1.165) is 9.50 Å². The van der Waals surface area contributed by atoms with Crippen LogP contribution in [0.5, 0.6) is 0 Å². The minimum absolute atomic E-state index is 0.218. The van der Waals surface area contributed by atoms with Crippen molar-refractivity contribution < 1.29 is 0 Å². The van der Waals surface area contributed by atoms with Crippen LogP contribution >= 0.6 is 22.6 Å². The lowest BCUT2D eigenvalue weighted by molar-refractivity contribution is 0.705. The highest BCUT2D eigenvalue weighted by molar-refractivity contribution is 14.1. The van der Waals surface area contributed by atoms with Crippen LogP contribution in [0.3, 0.4) is 0 Å². The molecule has 3 heteroatoms. The van der Waals surface area contributed by atoms with Crippen molar-refractivity contribution in [2.24, 2.45) is 17.4 Å². The van der Waals surface area contributed by atoms with Crippen molar-refractivity contribution in [3.8, 4) is 0 Å². The molecule has 2 nitrogen and oxygen atoms in total. The molecule has 1 saturated carbocycles. The molecule has 0 saturated heterocycles. The molecule has 1 rings (SSSR count). The Hall–Kier alpha value is 0.230. The Morgan fingerprint density at radius 1 is 1.67 bits per heavy atom. The van der Waals surface area contributed by atoms with Gasteiger partial charge in [-0.3, -0.25) is 0 Å². The molecular weight excluding hydrogens is 227 g/mol. The van der Waals surface area contributed by atoms with Gasteiger partial charge in [-0.15, -0.1) is 0 Å². The Morgan fingerprint density at radius 3 is 2.56 bits per heavy atom. The van der Waals surface area contributed by atoms with Crippen LogP contribution < -0.4 is 11.5 Å². The molecule has 1 aliphatic carbocycles. The first kappa shape index (κ1) is 7.34. The highest BCUT2D eigenvalue weighted by Crippen LogP contribution is 2.35. The summed E-state index contributed by atoms with van der Waals surface area (Å²) in [5.74, 6) is 0.719. The van der Waals surface area contributed by atoms with Gasteiger partial charge < -0.3 is 11.5 Å². The largest absolute Gasteiger partial charge is 0.404 e. The zero-order valence-corrected chi connectivity index (χ0v) is 7.34. The molecule has 0 aromatic rings. The fourth-order valence-electron chi connectivity index (χ4n) is 0.792. The highest BCUT2D eigenvalue weighted by atomic mass is 127. The van der Waals surface area contributed by atoms with Crippen molar-refractivity contribution in [2.45, 2.75) is 18.9 Å². The van der Waals surface area contributed by atoms with E-state index in [4.69, 9.17) is 11.5 Å². The summed E-state index contributed by atoms with van der Waals surface area (Å²) in [5, 5.41) is 0. The second kappa shape index (κ2) is 2.88. The molecule has 52 valence electrons. The standard InChI is InChI=1S/C6H11IN2/c7-5(3-8)6(9)4-1-2-4/h3-4,6H,1-2,8-9H2/b5-3+. The maximum atomic E-state index is 5.78. The predicted molar refractivity (Wildman–Crippen MR) is 47.0 cm³/mol. The van der Waals surface area contributed by atoms with Crippen LogP contribution in [0, 0.1) is 5.92 Å². The summed E-state index contributed by atoms with van der Waals surface area (Å²) in [4.78, 5) is 0. The van der Waals surface area contributed by atoms with Gasteiger partial charge in [-0.2, -0.15) is 0 Å². The van der Waals surface area contributed by atoms with Gasteiger partial charge >= 0.3 is 0 Å². The number of hydrogen-bond donors (Lipinski definition) is 2. The number of hydrogen-bond acceptors (Lipinski definition) is 2. The third kappa shape index (κ3) is 1.82. The molecule has 9 heavy (non-hydrogen) atoms. The van der Waals surface area contributed by atoms with E-state index in [2.05, 4.69) is 22.6 Å². The van der Waals surface area contributed by atoms with Crippen molar-refractivity contribution in [3.05, 3.63) is 9.78 Å². The summed E-state index contributed by atoms with van der Waals surface area (Å²) >= 11 is 2.20. The average molecular weight is 238 g/mol. The van der Waals surface area contributed by atoms with Crippen LogP contribution in [0.2, 0.25) is 0 Å². The molecule has 1 aliphatic rings. The van der Waals surface area contributed by atoms with E-state index in [9.17, 15) is 0 Å². The fourth-order valence-corrected chi connectivity index (χ4v) is 1.30. The lowest BCUT2D eigenvalue weighted by Crippen LogP contribution is -2.22. The zero-order valence-electron chi connectivity index (χ0n) is 5.18. The summed E-state index contributed by atoms with van der Waals surface area (Å²) in [5.41, 5.74) is 11.1. The predicted octanol–water partition coefficient (Wildman–Crippen LogP) is 0.959. The van der Waals surface area contributed by atoms with Crippen LogP contribution in [0.25, 0.3) is 0 Å². The van der Waals surface area contributed by atoms with Gasteiger partial charge in [-0.05, 0) is 41.4 Å². The molecule has 1 fully saturated rings. The van der Waals surface area contributed by atoms with Crippen molar-refractivity contribution in [1.82, 2.24) is 0 Å². The van der Waals surface area contributed by atoms with Gasteiger partial charge in [0.1, 0.15) is 0 Å². The zero-order chi connectivity index (χ0) is 6.85. The smallest absolute Gasteiger partial charge is 0.0396 e. The molecule has 0 amide bonds. The molecule has 0 aromatic heterocycles. The summed E-state index contributed by atoms with van der Waals surface area (Å²) < 4.78 is 1.09. The number of rotatable bonds is 2. The molecule has 0 radical (unpaired) electrons. The van der Waals surface area contributed by atoms with E-state index in [-0.39, 0.29) is 6.04 Å². The molecule has 0 aromatic carbocycles. The molecule has 1 unspecified atom stereocenters. The Balaban J connectivity index is 2.40. The summed E-state index contributed by atoms with van der Waals surface area (Å²) in [6, 6.07) is 0.218. The van der Waals surface area contributed by atoms with Gasteiger partial charge in [0.25, 0.3) is 0 Å². The Morgan fingerprint density at radius 2 is 2.22 bits per heavy atom. The molecule has 1 atom stereocenters. The minimum Gasteiger partial charge on any atom is -0.404 e. The molecule has 0 spiro atoms. The first-order chi connectivity index (χ1) is 4.25. The third-order valence-corrected chi connectivity index (χ3v) is 2.69. The van der Waals surface area contributed by atoms with E-state index in [1.54, 1.807) is 6.20 Å². The van der Waals surface area contributed by atoms with Gasteiger partial charge in [0.15, 0.2) is 0 Å². The van der Waals surface area contributed by atoms with E-state index in [1.807, 2.05) is 0 Å². The van der Waals surface area contributed by atoms with Gasteiger partial charge in [0.05, 0.1) is 0 Å².